The van der Waals surface area contributed by atoms with Crippen LogP contribution in [0.5, 0.6) is 0 Å². The highest BCUT2D eigenvalue weighted by molar-refractivity contribution is 5.31. The quantitative estimate of drug-likeness (QED) is 0.864. The third-order valence-electron chi connectivity index (χ3n) is 3.92. The highest BCUT2D eigenvalue weighted by Gasteiger charge is 2.34. The molecule has 0 radical (unpaired) electrons. The van der Waals surface area contributed by atoms with Gasteiger partial charge in [0.15, 0.2) is 0 Å². The van der Waals surface area contributed by atoms with Crippen LogP contribution in [-0.4, -0.2) is 15.6 Å². The van der Waals surface area contributed by atoms with E-state index in [4.69, 9.17) is 0 Å². The van der Waals surface area contributed by atoms with Crippen LogP contribution >= 0.6 is 0 Å². The molecule has 1 heterocycles. The summed E-state index contributed by atoms with van der Waals surface area (Å²) in [5, 5.41) is 3.66. The molecule has 96 valence electrons. The van der Waals surface area contributed by atoms with Crippen molar-refractivity contribution in [3.8, 4) is 0 Å². The second-order valence-electron chi connectivity index (χ2n) is 5.98. The van der Waals surface area contributed by atoms with E-state index in [9.17, 15) is 0 Å². The Balaban J connectivity index is 2.12. The molecule has 2 rings (SSSR count). The van der Waals surface area contributed by atoms with Gasteiger partial charge in [-0.15, -0.1) is 0 Å². The lowest BCUT2D eigenvalue weighted by molar-refractivity contribution is 0.348. The van der Waals surface area contributed by atoms with E-state index in [0.29, 0.717) is 11.5 Å². The molecule has 0 bridgehead atoms. The molecule has 3 heteroatoms. The van der Waals surface area contributed by atoms with E-state index in [1.807, 2.05) is 0 Å². The maximum absolute atomic E-state index is 4.61. The number of hydrogen-bond acceptors (Lipinski definition) is 2. The molecule has 1 aromatic rings. The van der Waals surface area contributed by atoms with Gasteiger partial charge in [-0.25, -0.2) is 4.98 Å². The number of nitrogens with zero attached hydrogens (tertiary/aromatic N) is 2. The molecule has 1 atom stereocenters. The predicted octanol–water partition coefficient (Wildman–Crippen LogP) is 3.59. The minimum absolute atomic E-state index is 0.400. The lowest BCUT2D eigenvalue weighted by Crippen LogP contribution is -2.32. The highest BCUT2D eigenvalue weighted by atomic mass is 15.2. The van der Waals surface area contributed by atoms with Gasteiger partial charge in [0, 0.05) is 18.8 Å². The Morgan fingerprint density at radius 3 is 2.88 bits per heavy atom. The van der Waals surface area contributed by atoms with Gasteiger partial charge in [0.2, 0.25) is 5.95 Å². The molecular weight excluding hydrogens is 210 g/mol. The van der Waals surface area contributed by atoms with Crippen LogP contribution in [0.3, 0.4) is 0 Å². The smallest absolute Gasteiger partial charge is 0.203 e. The lowest BCUT2D eigenvalue weighted by Gasteiger charge is -2.28. The molecule has 3 nitrogen and oxygen atoms in total. The summed E-state index contributed by atoms with van der Waals surface area (Å²) in [5.74, 6) is 1.06. The van der Waals surface area contributed by atoms with Crippen LogP contribution in [0.15, 0.2) is 6.20 Å². The third-order valence-corrected chi connectivity index (χ3v) is 3.92. The maximum Gasteiger partial charge on any atom is 0.203 e. The molecule has 1 saturated carbocycles. The number of rotatable bonds is 4. The molecule has 0 saturated heterocycles. The fourth-order valence-corrected chi connectivity index (χ4v) is 2.82. The zero-order valence-electron chi connectivity index (χ0n) is 11.6. The first kappa shape index (κ1) is 12.5. The Labute approximate surface area is 105 Å². The van der Waals surface area contributed by atoms with Crippen molar-refractivity contribution in [2.45, 2.75) is 66.0 Å². The molecule has 1 aliphatic rings. The second-order valence-corrected chi connectivity index (χ2v) is 5.98. The summed E-state index contributed by atoms with van der Waals surface area (Å²) in [5.41, 5.74) is 1.51. The molecule has 0 aromatic carbocycles. The Morgan fingerprint density at radius 2 is 2.29 bits per heavy atom. The molecule has 1 unspecified atom stereocenters. The van der Waals surface area contributed by atoms with Crippen molar-refractivity contribution in [3.63, 3.8) is 0 Å². The van der Waals surface area contributed by atoms with E-state index in [2.05, 4.69) is 48.8 Å². The molecule has 0 aliphatic heterocycles. The van der Waals surface area contributed by atoms with Gasteiger partial charge in [-0.05, 0) is 31.6 Å². The molecule has 17 heavy (non-hydrogen) atoms. The van der Waals surface area contributed by atoms with E-state index in [-0.39, 0.29) is 0 Å². The summed E-state index contributed by atoms with van der Waals surface area (Å²) in [7, 11) is 0. The summed E-state index contributed by atoms with van der Waals surface area (Å²) in [6.07, 6.45) is 7.22. The van der Waals surface area contributed by atoms with Crippen LogP contribution in [0.2, 0.25) is 0 Å². The molecule has 0 spiro atoms. The summed E-state index contributed by atoms with van der Waals surface area (Å²) >= 11 is 0. The zero-order valence-corrected chi connectivity index (χ0v) is 11.6. The summed E-state index contributed by atoms with van der Waals surface area (Å²) in [4.78, 5) is 4.61. The normalized spacial score (nSPS) is 22.9. The van der Waals surface area contributed by atoms with Crippen LogP contribution in [0.25, 0.3) is 0 Å². The molecule has 1 aromatic heterocycles. The number of anilines is 1. The summed E-state index contributed by atoms with van der Waals surface area (Å²) in [6, 6.07) is 0.569. The number of nitrogens with one attached hydrogen (secondary N) is 1. The van der Waals surface area contributed by atoms with Gasteiger partial charge < -0.3 is 9.88 Å². The summed E-state index contributed by atoms with van der Waals surface area (Å²) in [6.45, 7) is 10.0. The Kier molecular flexibility index (Phi) is 3.45. The molecular formula is C14H25N3. The van der Waals surface area contributed by atoms with Crippen LogP contribution in [0.4, 0.5) is 5.95 Å². The van der Waals surface area contributed by atoms with Gasteiger partial charge in [0.05, 0.1) is 5.69 Å². The monoisotopic (exact) mass is 235 g/mol. The van der Waals surface area contributed by atoms with Crippen molar-refractivity contribution in [3.05, 3.63) is 11.9 Å². The number of aromatic nitrogens is 2. The minimum Gasteiger partial charge on any atom is -0.352 e. The third kappa shape index (κ3) is 2.64. The van der Waals surface area contributed by atoms with Crippen LogP contribution < -0.4 is 5.32 Å². The molecule has 0 amide bonds. The fraction of sp³-hybridized carbons (Fsp3) is 0.786. The van der Waals surface area contributed by atoms with Gasteiger partial charge in [0.25, 0.3) is 0 Å². The van der Waals surface area contributed by atoms with E-state index in [1.54, 1.807) is 0 Å². The topological polar surface area (TPSA) is 29.9 Å². The van der Waals surface area contributed by atoms with Crippen molar-refractivity contribution in [2.75, 3.05) is 5.32 Å². The number of aryl methyl sites for hydroxylation is 2. The largest absolute Gasteiger partial charge is 0.352 e. The Hall–Kier alpha value is -0.990. The minimum atomic E-state index is 0.400. The molecule has 1 aliphatic carbocycles. The van der Waals surface area contributed by atoms with Crippen molar-refractivity contribution >= 4 is 5.95 Å². The molecule has 1 N–H and O–H groups in total. The Bertz CT molecular complexity index is 379. The first-order valence-corrected chi connectivity index (χ1v) is 6.83. The standard InChI is InChI=1S/C14H25N3/c1-5-9-17-10-11(2)15-13(17)16-12-7-6-8-14(12,3)4/h10,12H,5-9H2,1-4H3,(H,15,16). The first-order valence-electron chi connectivity index (χ1n) is 6.83. The lowest BCUT2D eigenvalue weighted by atomic mass is 9.87. The van der Waals surface area contributed by atoms with Gasteiger partial charge in [-0.2, -0.15) is 0 Å². The average Bonchev–Trinajstić information content (AvgIpc) is 2.73. The summed E-state index contributed by atoms with van der Waals surface area (Å²) < 4.78 is 2.25. The van der Waals surface area contributed by atoms with Crippen molar-refractivity contribution < 1.29 is 0 Å². The van der Waals surface area contributed by atoms with Crippen LogP contribution in [0, 0.1) is 12.3 Å². The van der Waals surface area contributed by atoms with E-state index in [0.717, 1.165) is 24.6 Å². The Morgan fingerprint density at radius 1 is 1.53 bits per heavy atom. The van der Waals surface area contributed by atoms with E-state index < -0.39 is 0 Å². The number of imidazole rings is 1. The van der Waals surface area contributed by atoms with Crippen molar-refractivity contribution in [1.29, 1.82) is 0 Å². The zero-order chi connectivity index (χ0) is 12.5. The average molecular weight is 235 g/mol. The number of hydrogen-bond donors (Lipinski definition) is 1. The van der Waals surface area contributed by atoms with E-state index in [1.165, 1.54) is 19.3 Å². The fourth-order valence-electron chi connectivity index (χ4n) is 2.82. The second kappa shape index (κ2) is 4.71. The predicted molar refractivity (Wildman–Crippen MR) is 72.3 cm³/mol. The van der Waals surface area contributed by atoms with Gasteiger partial charge in [0.1, 0.15) is 0 Å². The van der Waals surface area contributed by atoms with Crippen molar-refractivity contribution in [1.82, 2.24) is 9.55 Å². The van der Waals surface area contributed by atoms with Gasteiger partial charge in [-0.1, -0.05) is 27.2 Å². The first-order chi connectivity index (χ1) is 8.03. The van der Waals surface area contributed by atoms with Crippen molar-refractivity contribution in [2.24, 2.45) is 5.41 Å². The SMILES string of the molecule is CCCn1cc(C)nc1NC1CCCC1(C)C. The van der Waals surface area contributed by atoms with Crippen LogP contribution in [0.1, 0.15) is 52.1 Å². The van der Waals surface area contributed by atoms with Crippen LogP contribution in [-0.2, 0) is 6.54 Å². The maximum atomic E-state index is 4.61. The molecule has 1 fully saturated rings. The van der Waals surface area contributed by atoms with Gasteiger partial charge >= 0.3 is 0 Å². The van der Waals surface area contributed by atoms with E-state index >= 15 is 0 Å². The van der Waals surface area contributed by atoms with Gasteiger partial charge in [-0.3, -0.25) is 0 Å². The highest BCUT2D eigenvalue weighted by Crippen LogP contribution is 2.38.